The topological polar surface area (TPSA) is 73.8 Å². The predicted octanol–water partition coefficient (Wildman–Crippen LogP) is 1.16. The fraction of sp³-hybridized carbons (Fsp3) is 0.769. The highest BCUT2D eigenvalue weighted by Gasteiger charge is 2.14. The lowest BCUT2D eigenvalue weighted by atomic mass is 10.2. The Kier molecular flexibility index (Phi) is 10.2. The van der Waals surface area contributed by atoms with Crippen molar-refractivity contribution in [3.8, 4) is 0 Å². The van der Waals surface area contributed by atoms with E-state index in [0.29, 0.717) is 25.7 Å². The summed E-state index contributed by atoms with van der Waals surface area (Å²) < 4.78 is 24.4. The molecule has 0 bridgehead atoms. The lowest BCUT2D eigenvalue weighted by Crippen LogP contribution is -2.43. The number of rotatable bonds is 7. The van der Waals surface area contributed by atoms with Gasteiger partial charge in [0.25, 0.3) is 0 Å². The average molecular weight is 430 g/mol. The van der Waals surface area contributed by atoms with E-state index in [-0.39, 0.29) is 24.0 Å². The molecule has 1 aliphatic rings. The van der Waals surface area contributed by atoms with Gasteiger partial charge < -0.3 is 10.6 Å². The number of aliphatic imine (C=N–C) groups is 1. The monoisotopic (exact) mass is 430 g/mol. The van der Waals surface area contributed by atoms with Gasteiger partial charge in [0.15, 0.2) is 5.96 Å². The Labute approximate surface area is 145 Å². The Bertz CT molecular complexity index is 443. The Morgan fingerprint density at radius 2 is 2.00 bits per heavy atom. The lowest BCUT2D eigenvalue weighted by molar-refractivity contribution is 0.424. The minimum absolute atomic E-state index is 0. The second kappa shape index (κ2) is 10.4. The van der Waals surface area contributed by atoms with Crippen molar-refractivity contribution in [3.63, 3.8) is 0 Å². The van der Waals surface area contributed by atoms with Crippen molar-refractivity contribution in [1.82, 2.24) is 14.9 Å². The van der Waals surface area contributed by atoms with Crippen LogP contribution in [0, 0.1) is 0 Å². The maximum atomic E-state index is 11.4. The van der Waals surface area contributed by atoms with Crippen molar-refractivity contribution >= 4 is 40.0 Å². The van der Waals surface area contributed by atoms with Crippen LogP contribution in [0.3, 0.4) is 0 Å². The largest absolute Gasteiger partial charge is 0.356 e. The molecule has 2 N–H and O–H groups in total. The quantitative estimate of drug-likeness (QED) is 0.209. The van der Waals surface area contributed by atoms with Crippen LogP contribution >= 0.6 is 24.0 Å². The maximum Gasteiger partial charge on any atom is 0.211 e. The molecule has 0 saturated heterocycles. The van der Waals surface area contributed by atoms with Gasteiger partial charge in [-0.15, -0.1) is 24.0 Å². The first-order chi connectivity index (χ1) is 9.47. The van der Waals surface area contributed by atoms with E-state index in [1.165, 1.54) is 10.6 Å². The van der Waals surface area contributed by atoms with E-state index in [0.717, 1.165) is 25.2 Å². The van der Waals surface area contributed by atoms with Gasteiger partial charge in [-0.1, -0.05) is 19.1 Å². The molecular formula is C13H27IN4O2S. The third-order valence-corrected chi connectivity index (χ3v) is 4.65. The average Bonchev–Trinajstić information content (AvgIpc) is 2.88. The molecule has 8 heteroatoms. The number of halogens is 1. The third-order valence-electron chi connectivity index (χ3n) is 3.27. The van der Waals surface area contributed by atoms with Crippen LogP contribution in [0.2, 0.25) is 0 Å². The summed E-state index contributed by atoms with van der Waals surface area (Å²) in [6.07, 6.45) is 8.38. The first kappa shape index (κ1) is 20.6. The second-order valence-corrected chi connectivity index (χ2v) is 6.87. The molecule has 0 radical (unpaired) electrons. The van der Waals surface area contributed by atoms with Crippen molar-refractivity contribution in [2.75, 3.05) is 32.9 Å². The van der Waals surface area contributed by atoms with Gasteiger partial charge in [-0.25, -0.2) is 12.7 Å². The lowest BCUT2D eigenvalue weighted by Gasteiger charge is -2.19. The smallest absolute Gasteiger partial charge is 0.211 e. The number of hydrogen-bond donors (Lipinski definition) is 2. The number of nitrogens with one attached hydrogen (secondary N) is 2. The molecule has 0 fully saturated rings. The van der Waals surface area contributed by atoms with E-state index in [9.17, 15) is 8.42 Å². The molecule has 1 aliphatic carbocycles. The molecule has 0 aliphatic heterocycles. The van der Waals surface area contributed by atoms with E-state index in [1.807, 2.05) is 6.92 Å². The number of guanidine groups is 1. The van der Waals surface area contributed by atoms with Crippen LogP contribution in [0.15, 0.2) is 17.1 Å². The van der Waals surface area contributed by atoms with Crippen LogP contribution in [0.4, 0.5) is 0 Å². The summed E-state index contributed by atoms with van der Waals surface area (Å²) in [6, 6.07) is 0.421. The highest BCUT2D eigenvalue weighted by atomic mass is 127. The summed E-state index contributed by atoms with van der Waals surface area (Å²) in [5, 5.41) is 6.56. The molecule has 0 amide bonds. The standard InChI is InChI=1S/C13H26N4O2S.HI/c1-4-17(20(3,18)19)11-7-10-15-13(14-2)16-12-8-5-6-9-12;/h5-6,12H,4,7-11H2,1-3H3,(H2,14,15,16);1H. The minimum atomic E-state index is -3.09. The summed E-state index contributed by atoms with van der Waals surface area (Å²) in [5.74, 6) is 0.779. The Morgan fingerprint density at radius 1 is 1.38 bits per heavy atom. The van der Waals surface area contributed by atoms with E-state index >= 15 is 0 Å². The van der Waals surface area contributed by atoms with Crippen molar-refractivity contribution in [3.05, 3.63) is 12.2 Å². The van der Waals surface area contributed by atoms with Crippen molar-refractivity contribution in [1.29, 1.82) is 0 Å². The predicted molar refractivity (Wildman–Crippen MR) is 98.8 cm³/mol. The fourth-order valence-corrected chi connectivity index (χ4v) is 3.07. The summed E-state index contributed by atoms with van der Waals surface area (Å²) in [4.78, 5) is 4.17. The summed E-state index contributed by atoms with van der Waals surface area (Å²) in [6.45, 7) is 3.60. The molecule has 21 heavy (non-hydrogen) atoms. The van der Waals surface area contributed by atoms with Crippen LogP contribution in [0.5, 0.6) is 0 Å². The summed E-state index contributed by atoms with van der Waals surface area (Å²) >= 11 is 0. The molecule has 1 rings (SSSR count). The highest BCUT2D eigenvalue weighted by molar-refractivity contribution is 14.0. The van der Waals surface area contributed by atoms with Crippen LogP contribution in [0.1, 0.15) is 26.2 Å². The van der Waals surface area contributed by atoms with E-state index < -0.39 is 10.0 Å². The third kappa shape index (κ3) is 8.01. The molecule has 6 nitrogen and oxygen atoms in total. The van der Waals surface area contributed by atoms with E-state index in [4.69, 9.17) is 0 Å². The molecule has 0 aromatic rings. The van der Waals surface area contributed by atoms with Gasteiger partial charge >= 0.3 is 0 Å². The molecule has 0 saturated carbocycles. The summed E-state index contributed by atoms with van der Waals surface area (Å²) in [7, 11) is -1.35. The molecule has 0 unspecified atom stereocenters. The Hall–Kier alpha value is -0.350. The van der Waals surface area contributed by atoms with Gasteiger partial charge in [-0.2, -0.15) is 0 Å². The van der Waals surface area contributed by atoms with E-state index in [1.54, 1.807) is 7.05 Å². The van der Waals surface area contributed by atoms with Crippen molar-refractivity contribution in [2.24, 2.45) is 4.99 Å². The molecule has 0 aromatic carbocycles. The van der Waals surface area contributed by atoms with Crippen LogP contribution < -0.4 is 10.6 Å². The zero-order valence-electron chi connectivity index (χ0n) is 13.0. The van der Waals surface area contributed by atoms with Gasteiger partial charge in [-0.05, 0) is 19.3 Å². The normalized spacial score (nSPS) is 16.1. The van der Waals surface area contributed by atoms with E-state index in [2.05, 4.69) is 27.8 Å². The van der Waals surface area contributed by atoms with Crippen molar-refractivity contribution < 1.29 is 8.42 Å². The first-order valence-electron chi connectivity index (χ1n) is 7.04. The Balaban J connectivity index is 0.00000400. The van der Waals surface area contributed by atoms with Crippen LogP contribution in [0.25, 0.3) is 0 Å². The highest BCUT2D eigenvalue weighted by Crippen LogP contribution is 2.08. The zero-order valence-corrected chi connectivity index (χ0v) is 16.1. The van der Waals surface area contributed by atoms with Gasteiger partial charge in [0, 0.05) is 32.7 Å². The summed E-state index contributed by atoms with van der Waals surface area (Å²) in [5.41, 5.74) is 0. The van der Waals surface area contributed by atoms with Gasteiger partial charge in [-0.3, -0.25) is 4.99 Å². The SMILES string of the molecule is CCN(CCCNC(=NC)NC1CC=CC1)S(C)(=O)=O.I. The number of hydrogen-bond acceptors (Lipinski definition) is 3. The van der Waals surface area contributed by atoms with Gasteiger partial charge in [0.1, 0.15) is 0 Å². The van der Waals surface area contributed by atoms with Crippen LogP contribution in [-0.4, -0.2) is 57.7 Å². The number of sulfonamides is 1. The fourth-order valence-electron chi connectivity index (χ4n) is 2.14. The molecule has 124 valence electrons. The molecular weight excluding hydrogens is 403 g/mol. The van der Waals surface area contributed by atoms with Gasteiger partial charge in [0.2, 0.25) is 10.0 Å². The minimum Gasteiger partial charge on any atom is -0.356 e. The zero-order chi connectivity index (χ0) is 15.0. The van der Waals surface area contributed by atoms with Crippen molar-refractivity contribution in [2.45, 2.75) is 32.2 Å². The van der Waals surface area contributed by atoms with Crippen LogP contribution in [-0.2, 0) is 10.0 Å². The molecule has 0 atom stereocenters. The molecule has 0 aromatic heterocycles. The maximum absolute atomic E-state index is 11.4. The van der Waals surface area contributed by atoms with Gasteiger partial charge in [0.05, 0.1) is 6.26 Å². The number of nitrogens with zero attached hydrogens (tertiary/aromatic N) is 2. The molecule has 0 heterocycles. The first-order valence-corrected chi connectivity index (χ1v) is 8.89. The second-order valence-electron chi connectivity index (χ2n) is 4.89. The molecule has 0 spiro atoms. The Morgan fingerprint density at radius 3 is 2.48 bits per heavy atom.